The summed E-state index contributed by atoms with van der Waals surface area (Å²) < 4.78 is 0. The fraction of sp³-hybridized carbons (Fsp3) is 0.625. The summed E-state index contributed by atoms with van der Waals surface area (Å²) in [7, 11) is 0. The van der Waals surface area contributed by atoms with Gasteiger partial charge in [-0.1, -0.05) is 0 Å². The van der Waals surface area contributed by atoms with Gasteiger partial charge in [-0.05, 0) is 18.6 Å². The molecule has 0 saturated carbocycles. The Balaban J connectivity index is 1.58. The molecule has 2 aliphatic heterocycles. The largest absolute Gasteiger partial charge is 0.337 e. The maximum Gasteiger partial charge on any atom is 0.254 e. The molecule has 0 radical (unpaired) electrons. The van der Waals surface area contributed by atoms with E-state index in [1.807, 2.05) is 17.0 Å². The third-order valence-electron chi connectivity index (χ3n) is 4.25. The normalized spacial score (nSPS) is 22.1. The van der Waals surface area contributed by atoms with Crippen LogP contribution in [0.15, 0.2) is 24.5 Å². The number of rotatable bonds is 2. The van der Waals surface area contributed by atoms with Crippen LogP contribution in [-0.2, 0) is 0 Å². The van der Waals surface area contributed by atoms with E-state index >= 15 is 0 Å². The lowest BCUT2D eigenvalue weighted by Gasteiger charge is -2.29. The van der Waals surface area contributed by atoms with Crippen LogP contribution in [0.3, 0.4) is 0 Å². The van der Waals surface area contributed by atoms with Gasteiger partial charge in [-0.25, -0.2) is 0 Å². The van der Waals surface area contributed by atoms with Crippen molar-refractivity contribution in [2.24, 2.45) is 0 Å². The number of thioether (sulfide) groups is 2. The van der Waals surface area contributed by atoms with Gasteiger partial charge in [-0.2, -0.15) is 23.5 Å². The van der Waals surface area contributed by atoms with Crippen LogP contribution in [0.2, 0.25) is 0 Å². The summed E-state index contributed by atoms with van der Waals surface area (Å²) in [6.45, 7) is 3.83. The zero-order valence-corrected chi connectivity index (χ0v) is 14.5. The highest BCUT2D eigenvalue weighted by atomic mass is 32.2. The molecule has 4 nitrogen and oxygen atoms in total. The SMILES string of the molecule is O=C(c1ccncc1)N1CCCN(C2CSCCSC2)CC1. The zero-order valence-electron chi connectivity index (χ0n) is 12.8. The summed E-state index contributed by atoms with van der Waals surface area (Å²) >= 11 is 4.16. The van der Waals surface area contributed by atoms with E-state index < -0.39 is 0 Å². The molecule has 3 heterocycles. The fourth-order valence-corrected chi connectivity index (χ4v) is 5.63. The van der Waals surface area contributed by atoms with Gasteiger partial charge in [0, 0.05) is 73.2 Å². The predicted octanol–water partition coefficient (Wildman–Crippen LogP) is 2.08. The fourth-order valence-electron chi connectivity index (χ4n) is 3.00. The highest BCUT2D eigenvalue weighted by Gasteiger charge is 2.25. The molecular weight excluding hydrogens is 314 g/mol. The van der Waals surface area contributed by atoms with Crippen LogP contribution in [-0.4, -0.2) is 75.9 Å². The van der Waals surface area contributed by atoms with Crippen molar-refractivity contribution in [3.8, 4) is 0 Å². The summed E-state index contributed by atoms with van der Waals surface area (Å²) in [6, 6.07) is 4.29. The van der Waals surface area contributed by atoms with Crippen molar-refractivity contribution in [1.82, 2.24) is 14.8 Å². The zero-order chi connectivity index (χ0) is 15.2. The first kappa shape index (κ1) is 16.1. The van der Waals surface area contributed by atoms with Crippen molar-refractivity contribution in [2.45, 2.75) is 12.5 Å². The monoisotopic (exact) mass is 337 g/mol. The Morgan fingerprint density at radius 2 is 1.77 bits per heavy atom. The summed E-state index contributed by atoms with van der Waals surface area (Å²) in [5, 5.41) is 0. The third kappa shape index (κ3) is 4.18. The van der Waals surface area contributed by atoms with Gasteiger partial charge in [0.1, 0.15) is 0 Å². The minimum atomic E-state index is 0.147. The van der Waals surface area contributed by atoms with Crippen LogP contribution in [0.4, 0.5) is 0 Å². The average Bonchev–Trinajstić information content (AvgIpc) is 2.97. The summed E-state index contributed by atoms with van der Waals surface area (Å²) in [4.78, 5) is 21.2. The van der Waals surface area contributed by atoms with E-state index in [9.17, 15) is 4.79 Å². The number of aromatic nitrogens is 1. The van der Waals surface area contributed by atoms with Gasteiger partial charge in [0.25, 0.3) is 5.91 Å². The molecule has 2 saturated heterocycles. The molecule has 1 aromatic heterocycles. The quantitative estimate of drug-likeness (QED) is 0.826. The van der Waals surface area contributed by atoms with Crippen molar-refractivity contribution in [3.05, 3.63) is 30.1 Å². The van der Waals surface area contributed by atoms with Gasteiger partial charge in [0.15, 0.2) is 0 Å². The average molecular weight is 338 g/mol. The molecule has 3 rings (SSSR count). The standard InChI is InChI=1S/C16H23N3OS2/c20-16(14-2-4-17-5-3-14)19-7-1-6-18(8-9-19)15-12-21-10-11-22-13-15/h2-5,15H,1,6-13H2. The summed E-state index contributed by atoms with van der Waals surface area (Å²) in [5.41, 5.74) is 0.754. The number of hydrogen-bond acceptors (Lipinski definition) is 5. The lowest BCUT2D eigenvalue weighted by Crippen LogP contribution is -2.42. The summed E-state index contributed by atoms with van der Waals surface area (Å²) in [5.74, 6) is 5.19. The Hall–Kier alpha value is -0.720. The number of pyridine rings is 1. The van der Waals surface area contributed by atoms with Crippen LogP contribution in [0.5, 0.6) is 0 Å². The van der Waals surface area contributed by atoms with E-state index in [1.54, 1.807) is 12.4 Å². The van der Waals surface area contributed by atoms with Crippen LogP contribution in [0, 0.1) is 0 Å². The van der Waals surface area contributed by atoms with Gasteiger partial charge >= 0.3 is 0 Å². The molecule has 0 spiro atoms. The van der Waals surface area contributed by atoms with E-state index in [4.69, 9.17) is 0 Å². The molecule has 0 N–H and O–H groups in total. The van der Waals surface area contributed by atoms with Crippen molar-refractivity contribution in [3.63, 3.8) is 0 Å². The minimum absolute atomic E-state index is 0.147. The lowest BCUT2D eigenvalue weighted by atomic mass is 10.2. The molecule has 120 valence electrons. The molecule has 0 aliphatic carbocycles. The van der Waals surface area contributed by atoms with Gasteiger partial charge in [-0.15, -0.1) is 0 Å². The maximum atomic E-state index is 12.6. The molecule has 2 aliphatic rings. The highest BCUT2D eigenvalue weighted by Crippen LogP contribution is 2.21. The van der Waals surface area contributed by atoms with Crippen LogP contribution < -0.4 is 0 Å². The molecule has 2 fully saturated rings. The predicted molar refractivity (Wildman–Crippen MR) is 94.8 cm³/mol. The Bertz CT molecular complexity index is 478. The number of amides is 1. The van der Waals surface area contributed by atoms with Crippen molar-refractivity contribution in [2.75, 3.05) is 49.2 Å². The Kier molecular flexibility index (Phi) is 6.04. The molecule has 1 aromatic rings. The molecule has 0 unspecified atom stereocenters. The van der Waals surface area contributed by atoms with E-state index in [0.717, 1.165) is 38.2 Å². The first-order chi connectivity index (χ1) is 10.8. The van der Waals surface area contributed by atoms with E-state index in [1.165, 1.54) is 23.0 Å². The Morgan fingerprint density at radius 1 is 1.05 bits per heavy atom. The van der Waals surface area contributed by atoms with E-state index in [-0.39, 0.29) is 5.91 Å². The molecular formula is C16H23N3OS2. The second-order valence-electron chi connectivity index (χ2n) is 5.72. The molecule has 0 bridgehead atoms. The summed E-state index contributed by atoms with van der Waals surface area (Å²) in [6.07, 6.45) is 4.46. The first-order valence-electron chi connectivity index (χ1n) is 7.93. The van der Waals surface area contributed by atoms with E-state index in [0.29, 0.717) is 6.04 Å². The molecule has 6 heteroatoms. The van der Waals surface area contributed by atoms with Crippen molar-refractivity contribution >= 4 is 29.4 Å². The Labute approximate surface area is 141 Å². The van der Waals surface area contributed by atoms with Gasteiger partial charge in [0.05, 0.1) is 0 Å². The number of nitrogens with zero attached hydrogens (tertiary/aromatic N) is 3. The number of carbonyl (C=O) groups excluding carboxylic acids is 1. The van der Waals surface area contributed by atoms with Crippen molar-refractivity contribution < 1.29 is 4.79 Å². The first-order valence-corrected chi connectivity index (χ1v) is 10.2. The molecule has 1 amide bonds. The number of carbonyl (C=O) groups is 1. The minimum Gasteiger partial charge on any atom is -0.337 e. The third-order valence-corrected chi connectivity index (χ3v) is 6.74. The van der Waals surface area contributed by atoms with E-state index in [2.05, 4.69) is 33.4 Å². The van der Waals surface area contributed by atoms with Gasteiger partial charge in [0.2, 0.25) is 0 Å². The second kappa shape index (κ2) is 8.22. The van der Waals surface area contributed by atoms with Crippen LogP contribution in [0.25, 0.3) is 0 Å². The smallest absolute Gasteiger partial charge is 0.254 e. The molecule has 0 atom stereocenters. The van der Waals surface area contributed by atoms with Gasteiger partial charge < -0.3 is 4.90 Å². The topological polar surface area (TPSA) is 36.4 Å². The lowest BCUT2D eigenvalue weighted by molar-refractivity contribution is 0.0759. The Morgan fingerprint density at radius 3 is 2.50 bits per heavy atom. The molecule has 22 heavy (non-hydrogen) atoms. The van der Waals surface area contributed by atoms with Crippen LogP contribution >= 0.6 is 23.5 Å². The second-order valence-corrected chi connectivity index (χ2v) is 8.02. The van der Waals surface area contributed by atoms with Gasteiger partial charge in [-0.3, -0.25) is 14.7 Å². The van der Waals surface area contributed by atoms with Crippen molar-refractivity contribution in [1.29, 1.82) is 0 Å². The highest BCUT2D eigenvalue weighted by molar-refractivity contribution is 8.03. The number of hydrogen-bond donors (Lipinski definition) is 0. The maximum absolute atomic E-state index is 12.6. The molecule has 0 aromatic carbocycles. The van der Waals surface area contributed by atoms with Crippen LogP contribution in [0.1, 0.15) is 16.8 Å².